The molecule has 20 heavy (non-hydrogen) atoms. The van der Waals surface area contributed by atoms with Gasteiger partial charge in [-0.3, -0.25) is 4.90 Å². The van der Waals surface area contributed by atoms with Gasteiger partial charge in [-0.2, -0.15) is 11.8 Å². The number of aromatic nitrogens is 2. The standard InChI is InChI=1S/C15H17N3OS/c19-14-3-2-12(15-16-4-1-5-17-15)10-13(14)11-18-6-8-20-9-7-18/h1-5,10,19H,6-9,11H2. The lowest BCUT2D eigenvalue weighted by Gasteiger charge is -2.26. The van der Waals surface area contributed by atoms with E-state index >= 15 is 0 Å². The zero-order valence-electron chi connectivity index (χ0n) is 11.2. The van der Waals surface area contributed by atoms with Gasteiger partial charge < -0.3 is 5.11 Å². The van der Waals surface area contributed by atoms with E-state index in [4.69, 9.17) is 0 Å². The Morgan fingerprint density at radius 1 is 1.15 bits per heavy atom. The first-order valence-electron chi connectivity index (χ1n) is 6.72. The first-order valence-corrected chi connectivity index (χ1v) is 7.88. The molecule has 1 aliphatic rings. The van der Waals surface area contributed by atoms with Gasteiger partial charge in [-0.25, -0.2) is 9.97 Å². The molecule has 0 atom stereocenters. The van der Waals surface area contributed by atoms with E-state index in [0.717, 1.165) is 30.8 Å². The van der Waals surface area contributed by atoms with Crippen LogP contribution in [0.1, 0.15) is 5.56 Å². The molecule has 0 aliphatic carbocycles. The molecule has 1 saturated heterocycles. The summed E-state index contributed by atoms with van der Waals surface area (Å²) in [5.41, 5.74) is 1.90. The molecular formula is C15H17N3OS. The Labute approximate surface area is 122 Å². The molecule has 0 saturated carbocycles. The van der Waals surface area contributed by atoms with Crippen LogP contribution in [-0.2, 0) is 6.54 Å². The Morgan fingerprint density at radius 3 is 2.65 bits per heavy atom. The van der Waals surface area contributed by atoms with Crippen molar-refractivity contribution < 1.29 is 5.11 Å². The lowest BCUT2D eigenvalue weighted by atomic mass is 10.1. The van der Waals surface area contributed by atoms with Gasteiger partial charge in [0.15, 0.2) is 5.82 Å². The van der Waals surface area contributed by atoms with Gasteiger partial charge in [0.2, 0.25) is 0 Å². The lowest BCUT2D eigenvalue weighted by Crippen LogP contribution is -2.31. The van der Waals surface area contributed by atoms with Crippen molar-refractivity contribution in [1.29, 1.82) is 0 Å². The molecule has 5 heteroatoms. The van der Waals surface area contributed by atoms with Crippen molar-refractivity contribution in [3.63, 3.8) is 0 Å². The lowest BCUT2D eigenvalue weighted by molar-refractivity contribution is 0.289. The molecule has 1 aromatic carbocycles. The minimum absolute atomic E-state index is 0.350. The van der Waals surface area contributed by atoms with Gasteiger partial charge in [0, 0.05) is 54.7 Å². The first-order chi connectivity index (χ1) is 9.83. The van der Waals surface area contributed by atoms with Gasteiger partial charge >= 0.3 is 0 Å². The third-order valence-corrected chi connectivity index (χ3v) is 4.34. The minimum atomic E-state index is 0.350. The van der Waals surface area contributed by atoms with Crippen molar-refractivity contribution in [2.75, 3.05) is 24.6 Å². The molecule has 0 amide bonds. The summed E-state index contributed by atoms with van der Waals surface area (Å²) in [6.07, 6.45) is 3.47. The van der Waals surface area contributed by atoms with Gasteiger partial charge in [-0.05, 0) is 24.3 Å². The molecule has 3 rings (SSSR count). The van der Waals surface area contributed by atoms with Gasteiger partial charge in [-0.15, -0.1) is 0 Å². The van der Waals surface area contributed by atoms with Gasteiger partial charge in [0.1, 0.15) is 5.75 Å². The number of aromatic hydroxyl groups is 1. The van der Waals surface area contributed by atoms with Crippen LogP contribution in [0, 0.1) is 0 Å². The molecule has 1 aliphatic heterocycles. The van der Waals surface area contributed by atoms with E-state index in [0.29, 0.717) is 11.6 Å². The number of phenolic OH excluding ortho intramolecular Hbond substituents is 1. The van der Waals surface area contributed by atoms with Crippen LogP contribution in [0.5, 0.6) is 5.75 Å². The summed E-state index contributed by atoms with van der Waals surface area (Å²) in [6.45, 7) is 2.94. The highest BCUT2D eigenvalue weighted by Crippen LogP contribution is 2.25. The topological polar surface area (TPSA) is 49.3 Å². The van der Waals surface area contributed by atoms with E-state index in [1.807, 2.05) is 23.9 Å². The van der Waals surface area contributed by atoms with Crippen molar-refractivity contribution in [1.82, 2.24) is 14.9 Å². The van der Waals surface area contributed by atoms with Gasteiger partial charge in [-0.1, -0.05) is 0 Å². The summed E-state index contributed by atoms with van der Waals surface area (Å²) < 4.78 is 0. The molecule has 0 spiro atoms. The van der Waals surface area contributed by atoms with Crippen LogP contribution in [0.25, 0.3) is 11.4 Å². The third-order valence-electron chi connectivity index (χ3n) is 3.40. The Hall–Kier alpha value is -1.59. The Bertz CT molecular complexity index is 571. The fourth-order valence-corrected chi connectivity index (χ4v) is 3.28. The number of hydrogen-bond acceptors (Lipinski definition) is 5. The highest BCUT2D eigenvalue weighted by Gasteiger charge is 2.13. The quantitative estimate of drug-likeness (QED) is 0.939. The van der Waals surface area contributed by atoms with E-state index in [-0.39, 0.29) is 0 Å². The summed E-state index contributed by atoms with van der Waals surface area (Å²) in [5.74, 6) is 3.38. The molecule has 2 heterocycles. The molecule has 2 aromatic rings. The average molecular weight is 287 g/mol. The molecule has 0 radical (unpaired) electrons. The normalized spacial score (nSPS) is 16.2. The molecule has 1 aromatic heterocycles. The minimum Gasteiger partial charge on any atom is -0.508 e. The second kappa shape index (κ2) is 6.24. The van der Waals surface area contributed by atoms with E-state index in [1.54, 1.807) is 24.5 Å². The van der Waals surface area contributed by atoms with Crippen LogP contribution in [0.4, 0.5) is 0 Å². The van der Waals surface area contributed by atoms with E-state index < -0.39 is 0 Å². The summed E-state index contributed by atoms with van der Waals surface area (Å²) in [6, 6.07) is 7.39. The average Bonchev–Trinajstić information content (AvgIpc) is 2.51. The van der Waals surface area contributed by atoms with E-state index in [9.17, 15) is 5.11 Å². The second-order valence-electron chi connectivity index (χ2n) is 4.80. The maximum Gasteiger partial charge on any atom is 0.159 e. The van der Waals surface area contributed by atoms with E-state index in [1.165, 1.54) is 11.5 Å². The van der Waals surface area contributed by atoms with Gasteiger partial charge in [0.25, 0.3) is 0 Å². The molecule has 4 nitrogen and oxygen atoms in total. The predicted molar refractivity (Wildman–Crippen MR) is 81.7 cm³/mol. The highest BCUT2D eigenvalue weighted by molar-refractivity contribution is 7.99. The second-order valence-corrected chi connectivity index (χ2v) is 6.03. The highest BCUT2D eigenvalue weighted by atomic mass is 32.2. The number of benzene rings is 1. The van der Waals surface area contributed by atoms with Crippen molar-refractivity contribution >= 4 is 11.8 Å². The number of hydrogen-bond donors (Lipinski definition) is 1. The van der Waals surface area contributed by atoms with Crippen molar-refractivity contribution in [2.45, 2.75) is 6.54 Å². The number of rotatable bonds is 3. The molecule has 0 bridgehead atoms. The number of nitrogens with zero attached hydrogens (tertiary/aromatic N) is 3. The van der Waals surface area contributed by atoms with Crippen LogP contribution in [0.15, 0.2) is 36.7 Å². The zero-order valence-corrected chi connectivity index (χ0v) is 12.0. The Balaban J connectivity index is 1.83. The summed E-state index contributed by atoms with van der Waals surface area (Å²) in [7, 11) is 0. The summed E-state index contributed by atoms with van der Waals surface area (Å²) in [4.78, 5) is 10.9. The molecule has 1 fully saturated rings. The Kier molecular flexibility index (Phi) is 4.18. The fraction of sp³-hybridized carbons (Fsp3) is 0.333. The van der Waals surface area contributed by atoms with Crippen LogP contribution in [0.3, 0.4) is 0 Å². The maximum absolute atomic E-state index is 10.0. The molecule has 0 unspecified atom stereocenters. The number of phenols is 1. The van der Waals surface area contributed by atoms with Crippen molar-refractivity contribution in [3.8, 4) is 17.1 Å². The molecule has 104 valence electrons. The van der Waals surface area contributed by atoms with E-state index in [2.05, 4.69) is 14.9 Å². The third kappa shape index (κ3) is 3.11. The van der Waals surface area contributed by atoms with Crippen LogP contribution in [-0.4, -0.2) is 44.6 Å². The number of thioether (sulfide) groups is 1. The fourth-order valence-electron chi connectivity index (χ4n) is 2.30. The van der Waals surface area contributed by atoms with Crippen molar-refractivity contribution in [3.05, 3.63) is 42.2 Å². The summed E-state index contributed by atoms with van der Waals surface area (Å²) >= 11 is 1.99. The first kappa shape index (κ1) is 13.4. The Morgan fingerprint density at radius 2 is 1.90 bits per heavy atom. The summed E-state index contributed by atoms with van der Waals surface area (Å²) in [5, 5.41) is 10.0. The smallest absolute Gasteiger partial charge is 0.159 e. The molecule has 1 N–H and O–H groups in total. The zero-order chi connectivity index (χ0) is 13.8. The SMILES string of the molecule is Oc1ccc(-c2ncccn2)cc1CN1CCSCC1. The monoisotopic (exact) mass is 287 g/mol. The van der Waals surface area contributed by atoms with Gasteiger partial charge in [0.05, 0.1) is 0 Å². The van der Waals surface area contributed by atoms with Crippen LogP contribution in [0.2, 0.25) is 0 Å². The van der Waals surface area contributed by atoms with Crippen molar-refractivity contribution in [2.24, 2.45) is 0 Å². The van der Waals surface area contributed by atoms with Crippen LogP contribution < -0.4 is 0 Å². The maximum atomic E-state index is 10.0. The molecular weight excluding hydrogens is 270 g/mol. The predicted octanol–water partition coefficient (Wildman–Crippen LogP) is 2.40. The largest absolute Gasteiger partial charge is 0.508 e. The van der Waals surface area contributed by atoms with Crippen LogP contribution >= 0.6 is 11.8 Å².